The molecule has 1 aliphatic heterocycles. The molecule has 112 valence electrons. The van der Waals surface area contributed by atoms with Gasteiger partial charge in [0.1, 0.15) is 5.60 Å². The summed E-state index contributed by atoms with van der Waals surface area (Å²) in [6.45, 7) is 4.85. The monoisotopic (exact) mass is 278 g/mol. The summed E-state index contributed by atoms with van der Waals surface area (Å²) < 4.78 is 0. The third-order valence-electron chi connectivity index (χ3n) is 3.93. The van der Waals surface area contributed by atoms with Crippen LogP contribution in [0.5, 0.6) is 0 Å². The first-order valence-corrected chi connectivity index (χ1v) is 7.09. The first-order valence-electron chi connectivity index (χ1n) is 7.09. The molecule has 0 saturated carbocycles. The second kappa shape index (κ2) is 7.41. The smallest absolute Gasteiger partial charge is 0.106 e. The van der Waals surface area contributed by atoms with Crippen molar-refractivity contribution in [1.82, 2.24) is 4.90 Å². The van der Waals surface area contributed by atoms with E-state index in [0.29, 0.717) is 6.42 Å². The third kappa shape index (κ3) is 4.05. The molecule has 2 unspecified atom stereocenters. The van der Waals surface area contributed by atoms with Gasteiger partial charge in [0, 0.05) is 18.6 Å². The number of aliphatic hydroxyl groups is 1. The summed E-state index contributed by atoms with van der Waals surface area (Å²) in [6.07, 6.45) is 1.68. The van der Waals surface area contributed by atoms with Gasteiger partial charge in [0.05, 0.1) is 0 Å². The van der Waals surface area contributed by atoms with Crippen molar-refractivity contribution in [3.63, 3.8) is 0 Å². The van der Waals surface area contributed by atoms with E-state index in [1.165, 1.54) is 0 Å². The molecule has 0 amide bonds. The average Bonchev–Trinajstić information content (AvgIpc) is 2.69. The van der Waals surface area contributed by atoms with Gasteiger partial charge in [0.2, 0.25) is 0 Å². The van der Waals surface area contributed by atoms with Crippen molar-refractivity contribution in [3.8, 4) is 0 Å². The number of nitrogens with zero attached hydrogens (tertiary/aromatic N) is 1. The highest BCUT2D eigenvalue weighted by Crippen LogP contribution is 2.36. The van der Waals surface area contributed by atoms with Gasteiger partial charge in [-0.15, -0.1) is 0 Å². The lowest BCUT2D eigenvalue weighted by Gasteiger charge is -2.30. The Labute approximate surface area is 121 Å². The molecule has 0 radical (unpaired) electrons. The maximum Gasteiger partial charge on any atom is 0.106 e. The number of hydrogen-bond acceptors (Lipinski definition) is 4. The molecule has 4 heteroatoms. The largest absolute Gasteiger partial charge is 0.550 e. The number of hydrogen-bond donors (Lipinski definition) is 1. The third-order valence-corrected chi connectivity index (χ3v) is 3.93. The minimum Gasteiger partial charge on any atom is -0.550 e. The standard InChI is InChI=1S/C12H17NO.C4H8O2/c1-10-12(14,8-9-13(10)2)11-6-4-3-5-7-11;1-2-3-4(5)6/h3-7,10,14H,8-9H2,1-2H3;2-3H2,1H3,(H,5,6)/p-1. The highest BCUT2D eigenvalue weighted by molar-refractivity contribution is 5.63. The lowest BCUT2D eigenvalue weighted by Crippen LogP contribution is -2.38. The van der Waals surface area contributed by atoms with E-state index in [1.54, 1.807) is 6.92 Å². The maximum absolute atomic E-state index is 10.6. The number of likely N-dealkylation sites (N-methyl/N-ethyl adjacent to an activating group) is 1. The Balaban J connectivity index is 0.000000286. The van der Waals surface area contributed by atoms with Gasteiger partial charge in [-0.25, -0.2) is 0 Å². The molecule has 0 aliphatic carbocycles. The van der Waals surface area contributed by atoms with Crippen LogP contribution < -0.4 is 5.11 Å². The van der Waals surface area contributed by atoms with Crippen LogP contribution in [0.3, 0.4) is 0 Å². The van der Waals surface area contributed by atoms with Crippen molar-refractivity contribution in [1.29, 1.82) is 0 Å². The minimum absolute atomic E-state index is 0.181. The van der Waals surface area contributed by atoms with Crippen LogP contribution in [-0.2, 0) is 10.4 Å². The molecule has 4 nitrogen and oxygen atoms in total. The number of carboxylic acids is 1. The normalized spacial score (nSPS) is 25.9. The molecule has 0 spiro atoms. The van der Waals surface area contributed by atoms with Crippen molar-refractivity contribution in [2.24, 2.45) is 0 Å². The van der Waals surface area contributed by atoms with Crippen LogP contribution in [0.25, 0.3) is 0 Å². The number of rotatable bonds is 3. The topological polar surface area (TPSA) is 63.6 Å². The van der Waals surface area contributed by atoms with Gasteiger partial charge in [0.25, 0.3) is 0 Å². The molecule has 1 fully saturated rings. The highest BCUT2D eigenvalue weighted by Gasteiger charge is 2.42. The van der Waals surface area contributed by atoms with Crippen molar-refractivity contribution in [2.45, 2.75) is 44.8 Å². The summed E-state index contributed by atoms with van der Waals surface area (Å²) in [5, 5.41) is 20.0. The fourth-order valence-electron chi connectivity index (χ4n) is 2.43. The average molecular weight is 278 g/mol. The Kier molecular flexibility index (Phi) is 6.17. The maximum atomic E-state index is 10.6. The van der Waals surface area contributed by atoms with Crippen LogP contribution in [0.15, 0.2) is 30.3 Å². The Bertz CT molecular complexity index is 421. The lowest BCUT2D eigenvalue weighted by atomic mass is 9.87. The second-order valence-corrected chi connectivity index (χ2v) is 5.32. The zero-order valence-corrected chi connectivity index (χ0v) is 12.5. The molecule has 0 aromatic heterocycles. The number of carbonyl (C=O) groups excluding carboxylic acids is 1. The van der Waals surface area contributed by atoms with Gasteiger partial charge in [-0.05, 0) is 32.4 Å². The molecule has 1 saturated heterocycles. The van der Waals surface area contributed by atoms with Crippen LogP contribution in [0.4, 0.5) is 0 Å². The van der Waals surface area contributed by atoms with Crippen molar-refractivity contribution >= 4 is 5.97 Å². The highest BCUT2D eigenvalue weighted by atomic mass is 16.4. The number of carboxylic acid groups (broad SMARTS) is 1. The van der Waals surface area contributed by atoms with E-state index < -0.39 is 11.6 Å². The molecule has 20 heavy (non-hydrogen) atoms. The van der Waals surface area contributed by atoms with Crippen LogP contribution in [-0.4, -0.2) is 35.6 Å². The Hall–Kier alpha value is -1.39. The summed E-state index contributed by atoms with van der Waals surface area (Å²) in [6, 6.07) is 10.2. The summed E-state index contributed by atoms with van der Waals surface area (Å²) in [4.78, 5) is 11.7. The van der Waals surface area contributed by atoms with Crippen molar-refractivity contribution in [2.75, 3.05) is 13.6 Å². The van der Waals surface area contributed by atoms with Crippen molar-refractivity contribution in [3.05, 3.63) is 35.9 Å². The number of likely N-dealkylation sites (tertiary alicyclic amines) is 1. The van der Waals surface area contributed by atoms with Crippen LogP contribution in [0, 0.1) is 0 Å². The first kappa shape index (κ1) is 16.7. The molecule has 2 atom stereocenters. The lowest BCUT2D eigenvalue weighted by molar-refractivity contribution is -0.305. The van der Waals surface area contributed by atoms with E-state index in [0.717, 1.165) is 18.5 Å². The van der Waals surface area contributed by atoms with Gasteiger partial charge in [-0.2, -0.15) is 0 Å². The molecule has 0 bridgehead atoms. The summed E-state index contributed by atoms with van der Waals surface area (Å²) in [7, 11) is 2.06. The minimum atomic E-state index is -0.961. The summed E-state index contributed by atoms with van der Waals surface area (Å²) >= 11 is 0. The quantitative estimate of drug-likeness (QED) is 0.900. The molecule has 2 rings (SSSR count). The van der Waals surface area contributed by atoms with E-state index in [-0.39, 0.29) is 12.5 Å². The zero-order valence-electron chi connectivity index (χ0n) is 12.5. The molecular weight excluding hydrogens is 254 g/mol. The van der Waals surface area contributed by atoms with E-state index in [9.17, 15) is 15.0 Å². The van der Waals surface area contributed by atoms with Crippen LogP contribution in [0.2, 0.25) is 0 Å². The molecule has 1 aliphatic rings. The number of carbonyl (C=O) groups is 1. The Morgan fingerprint density at radius 2 is 2.05 bits per heavy atom. The van der Waals surface area contributed by atoms with Gasteiger partial charge in [-0.1, -0.05) is 43.7 Å². The van der Waals surface area contributed by atoms with Gasteiger partial charge in [0.15, 0.2) is 0 Å². The van der Waals surface area contributed by atoms with E-state index in [2.05, 4.69) is 18.9 Å². The predicted molar refractivity (Wildman–Crippen MR) is 77.0 cm³/mol. The zero-order chi connectivity index (χ0) is 15.2. The Morgan fingerprint density at radius 3 is 2.40 bits per heavy atom. The van der Waals surface area contributed by atoms with Gasteiger partial charge >= 0.3 is 0 Å². The van der Waals surface area contributed by atoms with E-state index in [1.807, 2.05) is 30.3 Å². The Morgan fingerprint density at radius 1 is 1.45 bits per heavy atom. The van der Waals surface area contributed by atoms with Gasteiger partial charge in [-0.3, -0.25) is 0 Å². The second-order valence-electron chi connectivity index (χ2n) is 5.32. The van der Waals surface area contributed by atoms with Crippen molar-refractivity contribution < 1.29 is 15.0 Å². The molecule has 1 aromatic rings. The molecule has 1 aromatic carbocycles. The first-order chi connectivity index (χ1) is 9.41. The molecule has 1 heterocycles. The molecular formula is C16H24NO3-. The fourth-order valence-corrected chi connectivity index (χ4v) is 2.43. The summed E-state index contributed by atoms with van der Waals surface area (Å²) in [5.74, 6) is -0.961. The van der Waals surface area contributed by atoms with E-state index >= 15 is 0 Å². The van der Waals surface area contributed by atoms with Gasteiger partial charge < -0.3 is 19.9 Å². The predicted octanol–water partition coefficient (Wildman–Crippen LogP) is 1.13. The fraction of sp³-hybridized carbons (Fsp3) is 0.562. The SMILES string of the molecule is CC1N(C)CCC1(O)c1ccccc1.CCCC(=O)[O-]. The number of benzene rings is 1. The number of aliphatic carboxylic acids is 1. The molecule has 1 N–H and O–H groups in total. The van der Waals surface area contributed by atoms with E-state index in [4.69, 9.17) is 0 Å². The van der Waals surface area contributed by atoms with Crippen LogP contribution in [0.1, 0.15) is 38.7 Å². The van der Waals surface area contributed by atoms with Crippen LogP contribution >= 0.6 is 0 Å². The summed E-state index contributed by atoms with van der Waals surface area (Å²) in [5.41, 5.74) is 0.382.